The molecule has 1 unspecified atom stereocenters. The fraction of sp³-hybridized carbons (Fsp3) is 0.333. The van der Waals surface area contributed by atoms with Crippen molar-refractivity contribution >= 4 is 11.9 Å². The number of likely N-dealkylation sites (tertiary alicyclic amines) is 1. The minimum Gasteiger partial charge on any atom is -0.496 e. The van der Waals surface area contributed by atoms with Gasteiger partial charge in [-0.1, -0.05) is 18.2 Å². The van der Waals surface area contributed by atoms with Crippen LogP contribution in [-0.2, 0) is 6.42 Å². The first-order valence-electron chi connectivity index (χ1n) is 8.08. The largest absolute Gasteiger partial charge is 0.496 e. The number of benzene rings is 1. The number of methoxy groups -OCH3 is 1. The summed E-state index contributed by atoms with van der Waals surface area (Å²) in [7, 11) is 1.63. The lowest BCUT2D eigenvalue weighted by Gasteiger charge is -2.25. The third kappa shape index (κ3) is 3.60. The van der Waals surface area contributed by atoms with Crippen LogP contribution in [0.15, 0.2) is 36.7 Å². The molecule has 1 saturated heterocycles. The Morgan fingerprint density at radius 3 is 2.64 bits per heavy atom. The van der Waals surface area contributed by atoms with Crippen molar-refractivity contribution in [3.05, 3.63) is 53.6 Å². The number of para-hydroxylation sites is 1. The molecular formula is C18H19N3O4. The second-order valence-electron chi connectivity index (χ2n) is 5.90. The van der Waals surface area contributed by atoms with Gasteiger partial charge in [-0.15, -0.1) is 0 Å². The van der Waals surface area contributed by atoms with Crippen LogP contribution in [0.5, 0.6) is 5.75 Å². The van der Waals surface area contributed by atoms with Gasteiger partial charge in [-0.05, 0) is 30.9 Å². The molecule has 130 valence electrons. The maximum absolute atomic E-state index is 12.7. The number of carbonyl (C=O) groups excluding carboxylic acids is 1. The maximum atomic E-state index is 12.7. The van der Waals surface area contributed by atoms with E-state index in [0.717, 1.165) is 30.4 Å². The van der Waals surface area contributed by atoms with E-state index in [1.807, 2.05) is 24.3 Å². The van der Waals surface area contributed by atoms with Crippen LogP contribution in [0.2, 0.25) is 0 Å². The molecule has 1 fully saturated rings. The van der Waals surface area contributed by atoms with E-state index < -0.39 is 5.97 Å². The van der Waals surface area contributed by atoms with E-state index in [0.29, 0.717) is 13.0 Å². The van der Waals surface area contributed by atoms with Crippen molar-refractivity contribution in [1.82, 2.24) is 14.9 Å². The summed E-state index contributed by atoms with van der Waals surface area (Å²) in [5.41, 5.74) is 1.04. The Labute approximate surface area is 145 Å². The van der Waals surface area contributed by atoms with Gasteiger partial charge in [-0.2, -0.15) is 0 Å². The van der Waals surface area contributed by atoms with Gasteiger partial charge in [0.2, 0.25) is 0 Å². The van der Waals surface area contributed by atoms with E-state index >= 15 is 0 Å². The first-order chi connectivity index (χ1) is 12.1. The molecule has 25 heavy (non-hydrogen) atoms. The van der Waals surface area contributed by atoms with Gasteiger partial charge in [-0.25, -0.2) is 14.8 Å². The van der Waals surface area contributed by atoms with Crippen LogP contribution in [-0.4, -0.2) is 51.5 Å². The zero-order valence-electron chi connectivity index (χ0n) is 13.9. The zero-order chi connectivity index (χ0) is 17.8. The number of hydrogen-bond donors (Lipinski definition) is 1. The minimum absolute atomic E-state index is 0.0600. The van der Waals surface area contributed by atoms with Gasteiger partial charge in [-0.3, -0.25) is 4.79 Å². The molecule has 2 heterocycles. The van der Waals surface area contributed by atoms with Crippen molar-refractivity contribution in [3.63, 3.8) is 0 Å². The Kier molecular flexibility index (Phi) is 4.92. The number of carbonyl (C=O) groups is 2. The molecule has 2 aromatic rings. The molecule has 0 saturated carbocycles. The fourth-order valence-corrected chi connectivity index (χ4v) is 3.14. The molecule has 1 atom stereocenters. The lowest BCUT2D eigenvalue weighted by atomic mass is 10.0. The summed E-state index contributed by atoms with van der Waals surface area (Å²) < 4.78 is 5.39. The topological polar surface area (TPSA) is 92.6 Å². The molecule has 1 aliphatic heterocycles. The van der Waals surface area contributed by atoms with Gasteiger partial charge in [0, 0.05) is 12.6 Å². The smallest absolute Gasteiger partial charge is 0.356 e. The monoisotopic (exact) mass is 341 g/mol. The maximum Gasteiger partial charge on any atom is 0.356 e. The number of amides is 1. The van der Waals surface area contributed by atoms with Gasteiger partial charge in [0.1, 0.15) is 11.4 Å². The minimum atomic E-state index is -1.17. The van der Waals surface area contributed by atoms with E-state index in [2.05, 4.69) is 9.97 Å². The van der Waals surface area contributed by atoms with Crippen molar-refractivity contribution in [2.24, 2.45) is 0 Å². The number of ether oxygens (including phenoxy) is 1. The fourth-order valence-electron chi connectivity index (χ4n) is 3.14. The van der Waals surface area contributed by atoms with Gasteiger partial charge in [0.15, 0.2) is 5.69 Å². The molecule has 7 nitrogen and oxygen atoms in total. The zero-order valence-corrected chi connectivity index (χ0v) is 13.9. The highest BCUT2D eigenvalue weighted by molar-refractivity contribution is 5.93. The summed E-state index contributed by atoms with van der Waals surface area (Å²) >= 11 is 0. The second-order valence-corrected chi connectivity index (χ2v) is 5.90. The van der Waals surface area contributed by atoms with Crippen LogP contribution >= 0.6 is 0 Å². The molecule has 1 amide bonds. The third-order valence-electron chi connectivity index (χ3n) is 4.38. The highest BCUT2D eigenvalue weighted by Gasteiger charge is 2.31. The van der Waals surface area contributed by atoms with Crippen LogP contribution < -0.4 is 4.74 Å². The molecular weight excluding hydrogens is 322 g/mol. The van der Waals surface area contributed by atoms with Crippen LogP contribution in [0.25, 0.3) is 0 Å². The van der Waals surface area contributed by atoms with Crippen molar-refractivity contribution in [2.75, 3.05) is 13.7 Å². The number of carboxylic acids is 1. The van der Waals surface area contributed by atoms with Crippen LogP contribution in [0.1, 0.15) is 39.4 Å². The van der Waals surface area contributed by atoms with E-state index in [-0.39, 0.29) is 23.3 Å². The average Bonchev–Trinajstić information content (AvgIpc) is 3.09. The van der Waals surface area contributed by atoms with Gasteiger partial charge >= 0.3 is 5.97 Å². The summed E-state index contributed by atoms with van der Waals surface area (Å²) in [6, 6.07) is 7.84. The Hall–Kier alpha value is -2.96. The molecule has 1 aromatic heterocycles. The molecule has 1 aromatic carbocycles. The lowest BCUT2D eigenvalue weighted by molar-refractivity contribution is 0.0683. The standard InChI is InChI=1S/C18H19N3O4/c1-25-16-7-3-2-5-12(16)9-13-6-4-8-21(13)17(22)14-10-20-15(11-19-14)18(23)24/h2-3,5,7,10-11,13H,4,6,8-9H2,1H3,(H,23,24). The number of carboxylic acid groups (broad SMARTS) is 1. The Morgan fingerprint density at radius 1 is 1.24 bits per heavy atom. The van der Waals surface area contributed by atoms with Crippen LogP contribution in [0.3, 0.4) is 0 Å². The Morgan fingerprint density at radius 2 is 1.96 bits per heavy atom. The van der Waals surface area contributed by atoms with Crippen molar-refractivity contribution < 1.29 is 19.4 Å². The van der Waals surface area contributed by atoms with Gasteiger partial charge < -0.3 is 14.7 Å². The summed E-state index contributed by atoms with van der Waals surface area (Å²) in [5, 5.41) is 8.87. The predicted molar refractivity (Wildman–Crippen MR) is 89.7 cm³/mol. The summed E-state index contributed by atoms with van der Waals surface area (Å²) in [6.07, 6.45) is 4.87. The summed E-state index contributed by atoms with van der Waals surface area (Å²) in [4.78, 5) is 33.1. The van der Waals surface area contributed by atoms with Gasteiger partial charge in [0.25, 0.3) is 5.91 Å². The molecule has 0 radical (unpaired) electrons. The quantitative estimate of drug-likeness (QED) is 0.894. The number of hydrogen-bond acceptors (Lipinski definition) is 5. The van der Waals surface area contributed by atoms with E-state index in [9.17, 15) is 9.59 Å². The van der Waals surface area contributed by atoms with Crippen molar-refractivity contribution in [3.8, 4) is 5.75 Å². The van der Waals surface area contributed by atoms with Crippen LogP contribution in [0.4, 0.5) is 0 Å². The summed E-state index contributed by atoms with van der Waals surface area (Å²) in [6.45, 7) is 0.654. The molecule has 7 heteroatoms. The molecule has 1 aliphatic rings. The highest BCUT2D eigenvalue weighted by Crippen LogP contribution is 2.26. The van der Waals surface area contributed by atoms with Gasteiger partial charge in [0.05, 0.1) is 19.5 Å². The Balaban J connectivity index is 1.76. The van der Waals surface area contributed by atoms with E-state index in [1.165, 1.54) is 6.20 Å². The third-order valence-corrected chi connectivity index (χ3v) is 4.38. The molecule has 0 aliphatic carbocycles. The molecule has 1 N–H and O–H groups in total. The van der Waals surface area contributed by atoms with E-state index in [1.54, 1.807) is 12.0 Å². The first-order valence-corrected chi connectivity index (χ1v) is 8.08. The van der Waals surface area contributed by atoms with Crippen molar-refractivity contribution in [2.45, 2.75) is 25.3 Å². The number of rotatable bonds is 5. The number of aromatic nitrogens is 2. The average molecular weight is 341 g/mol. The number of aromatic carboxylic acids is 1. The summed E-state index contributed by atoms with van der Waals surface area (Å²) in [5.74, 6) is -0.573. The molecule has 0 spiro atoms. The predicted octanol–water partition coefficient (Wildman–Crippen LogP) is 2.03. The lowest BCUT2D eigenvalue weighted by Crippen LogP contribution is -2.37. The normalized spacial score (nSPS) is 16.7. The van der Waals surface area contributed by atoms with Crippen LogP contribution in [0, 0.1) is 0 Å². The first kappa shape index (κ1) is 16.9. The molecule has 0 bridgehead atoms. The second kappa shape index (κ2) is 7.29. The Bertz CT molecular complexity index is 776. The SMILES string of the molecule is COc1ccccc1CC1CCCN1C(=O)c1cnc(C(=O)O)cn1. The highest BCUT2D eigenvalue weighted by atomic mass is 16.5. The van der Waals surface area contributed by atoms with Crippen molar-refractivity contribution in [1.29, 1.82) is 0 Å². The van der Waals surface area contributed by atoms with E-state index in [4.69, 9.17) is 9.84 Å². The molecule has 3 rings (SSSR count). The number of nitrogens with zero attached hydrogens (tertiary/aromatic N) is 3.